The third-order valence-electron chi connectivity index (χ3n) is 2.57. The average Bonchev–Trinajstić information content (AvgIpc) is 2.32. The third-order valence-corrected chi connectivity index (χ3v) is 3.06. The van der Waals surface area contributed by atoms with Crippen LogP contribution in [0, 0.1) is 12.7 Å². The fourth-order valence-electron chi connectivity index (χ4n) is 1.56. The standard InChI is InChI=1S/C14H13BrFNO/c1-9-2-5-13(17)14(6-9)18-8-10-3-4-11(15)7-12(10)16/h2-7H,8,17H2,1H3. The summed E-state index contributed by atoms with van der Waals surface area (Å²) in [5.41, 5.74) is 7.89. The molecule has 0 aliphatic heterocycles. The summed E-state index contributed by atoms with van der Waals surface area (Å²) in [6.07, 6.45) is 0. The molecule has 2 N–H and O–H groups in total. The SMILES string of the molecule is Cc1ccc(N)c(OCc2ccc(Br)cc2F)c1. The van der Waals surface area contributed by atoms with Crippen LogP contribution in [0.4, 0.5) is 10.1 Å². The first-order valence-corrected chi connectivity index (χ1v) is 6.28. The van der Waals surface area contributed by atoms with Gasteiger partial charge in [0.1, 0.15) is 18.2 Å². The largest absolute Gasteiger partial charge is 0.487 e. The minimum Gasteiger partial charge on any atom is -0.487 e. The Kier molecular flexibility index (Phi) is 3.87. The summed E-state index contributed by atoms with van der Waals surface area (Å²) in [5, 5.41) is 0. The summed E-state index contributed by atoms with van der Waals surface area (Å²) >= 11 is 3.21. The minimum atomic E-state index is -0.296. The molecule has 0 saturated heterocycles. The lowest BCUT2D eigenvalue weighted by Crippen LogP contribution is -2.01. The van der Waals surface area contributed by atoms with Gasteiger partial charge in [0.05, 0.1) is 5.69 Å². The summed E-state index contributed by atoms with van der Waals surface area (Å²) in [5.74, 6) is 0.285. The van der Waals surface area contributed by atoms with Gasteiger partial charge in [0, 0.05) is 10.0 Å². The van der Waals surface area contributed by atoms with E-state index < -0.39 is 0 Å². The number of benzene rings is 2. The van der Waals surface area contributed by atoms with Crippen LogP contribution in [0.3, 0.4) is 0 Å². The number of ether oxygens (including phenoxy) is 1. The van der Waals surface area contributed by atoms with E-state index in [-0.39, 0.29) is 12.4 Å². The van der Waals surface area contributed by atoms with Gasteiger partial charge < -0.3 is 10.5 Å². The Morgan fingerprint density at radius 3 is 2.72 bits per heavy atom. The smallest absolute Gasteiger partial charge is 0.142 e. The molecule has 2 aromatic carbocycles. The number of halogens is 2. The number of aryl methyl sites for hydroxylation is 1. The zero-order chi connectivity index (χ0) is 13.1. The van der Waals surface area contributed by atoms with Crippen molar-refractivity contribution in [2.24, 2.45) is 0 Å². The van der Waals surface area contributed by atoms with Gasteiger partial charge in [0.25, 0.3) is 0 Å². The van der Waals surface area contributed by atoms with Crippen molar-refractivity contribution in [1.29, 1.82) is 0 Å². The fourth-order valence-corrected chi connectivity index (χ4v) is 1.89. The molecule has 0 amide bonds. The highest BCUT2D eigenvalue weighted by molar-refractivity contribution is 9.10. The van der Waals surface area contributed by atoms with E-state index in [1.165, 1.54) is 6.07 Å². The molecule has 0 fully saturated rings. The van der Waals surface area contributed by atoms with Crippen molar-refractivity contribution < 1.29 is 9.13 Å². The Balaban J connectivity index is 2.13. The Labute approximate surface area is 114 Å². The molecule has 4 heteroatoms. The van der Waals surface area contributed by atoms with Crippen molar-refractivity contribution in [3.05, 3.63) is 57.8 Å². The first-order chi connectivity index (χ1) is 8.56. The van der Waals surface area contributed by atoms with Crippen molar-refractivity contribution in [2.75, 3.05) is 5.73 Å². The van der Waals surface area contributed by atoms with E-state index in [1.54, 1.807) is 18.2 Å². The number of nitrogens with two attached hydrogens (primary N) is 1. The highest BCUT2D eigenvalue weighted by Gasteiger charge is 2.05. The lowest BCUT2D eigenvalue weighted by atomic mass is 10.2. The van der Waals surface area contributed by atoms with Crippen LogP contribution in [0.15, 0.2) is 40.9 Å². The summed E-state index contributed by atoms with van der Waals surface area (Å²) < 4.78 is 19.8. The molecule has 0 saturated carbocycles. The highest BCUT2D eigenvalue weighted by Crippen LogP contribution is 2.24. The second kappa shape index (κ2) is 5.40. The number of hydrogen-bond donors (Lipinski definition) is 1. The van der Waals surface area contributed by atoms with Gasteiger partial charge in [-0.2, -0.15) is 0 Å². The maximum absolute atomic E-state index is 13.6. The average molecular weight is 310 g/mol. The highest BCUT2D eigenvalue weighted by atomic mass is 79.9. The molecule has 0 atom stereocenters. The van der Waals surface area contributed by atoms with Crippen LogP contribution in [-0.2, 0) is 6.61 Å². The predicted octanol–water partition coefficient (Wildman–Crippen LogP) is 4.06. The van der Waals surface area contributed by atoms with Gasteiger partial charge in [-0.3, -0.25) is 0 Å². The van der Waals surface area contributed by atoms with Gasteiger partial charge in [-0.05, 0) is 36.8 Å². The van der Waals surface area contributed by atoms with Gasteiger partial charge in [-0.25, -0.2) is 4.39 Å². The maximum atomic E-state index is 13.6. The van der Waals surface area contributed by atoms with Crippen molar-refractivity contribution in [3.63, 3.8) is 0 Å². The minimum absolute atomic E-state index is 0.159. The van der Waals surface area contributed by atoms with E-state index in [2.05, 4.69) is 15.9 Å². The van der Waals surface area contributed by atoms with Gasteiger partial charge in [-0.1, -0.05) is 28.1 Å². The summed E-state index contributed by atoms with van der Waals surface area (Å²) in [6.45, 7) is 2.11. The number of rotatable bonds is 3. The van der Waals surface area contributed by atoms with Gasteiger partial charge >= 0.3 is 0 Å². The van der Waals surface area contributed by atoms with E-state index in [9.17, 15) is 4.39 Å². The summed E-state index contributed by atoms with van der Waals surface area (Å²) in [6, 6.07) is 10.4. The van der Waals surface area contributed by atoms with E-state index in [1.807, 2.05) is 19.1 Å². The van der Waals surface area contributed by atoms with E-state index in [0.29, 0.717) is 21.5 Å². The van der Waals surface area contributed by atoms with E-state index in [4.69, 9.17) is 10.5 Å². The molecule has 18 heavy (non-hydrogen) atoms. The van der Waals surface area contributed by atoms with Crippen LogP contribution in [0.2, 0.25) is 0 Å². The molecule has 2 aromatic rings. The van der Waals surface area contributed by atoms with E-state index in [0.717, 1.165) is 5.56 Å². The monoisotopic (exact) mass is 309 g/mol. The van der Waals surface area contributed by atoms with Crippen molar-refractivity contribution >= 4 is 21.6 Å². The first kappa shape index (κ1) is 12.9. The summed E-state index contributed by atoms with van der Waals surface area (Å²) in [7, 11) is 0. The molecule has 0 spiro atoms. The molecule has 0 aromatic heterocycles. The molecule has 0 aliphatic carbocycles. The molecule has 0 bridgehead atoms. The molecule has 2 rings (SSSR count). The van der Waals surface area contributed by atoms with Crippen LogP contribution in [-0.4, -0.2) is 0 Å². The van der Waals surface area contributed by atoms with Crippen molar-refractivity contribution in [1.82, 2.24) is 0 Å². The zero-order valence-corrected chi connectivity index (χ0v) is 11.5. The molecular weight excluding hydrogens is 297 g/mol. The van der Waals surface area contributed by atoms with Crippen LogP contribution in [0.25, 0.3) is 0 Å². The quantitative estimate of drug-likeness (QED) is 0.868. The molecule has 0 radical (unpaired) electrons. The number of nitrogen functional groups attached to an aromatic ring is 1. The Hall–Kier alpha value is -1.55. The predicted molar refractivity (Wildman–Crippen MR) is 74.0 cm³/mol. The molecule has 0 heterocycles. The van der Waals surface area contributed by atoms with Crippen LogP contribution in [0.1, 0.15) is 11.1 Å². The molecule has 2 nitrogen and oxygen atoms in total. The maximum Gasteiger partial charge on any atom is 0.142 e. The Bertz CT molecular complexity index is 572. The topological polar surface area (TPSA) is 35.2 Å². The molecule has 94 valence electrons. The van der Waals surface area contributed by atoms with Crippen molar-refractivity contribution in [3.8, 4) is 5.75 Å². The van der Waals surface area contributed by atoms with E-state index >= 15 is 0 Å². The third kappa shape index (κ3) is 3.01. The van der Waals surface area contributed by atoms with Crippen LogP contribution in [0.5, 0.6) is 5.75 Å². The lowest BCUT2D eigenvalue weighted by Gasteiger charge is -2.10. The second-order valence-corrected chi connectivity index (χ2v) is 4.98. The lowest BCUT2D eigenvalue weighted by molar-refractivity contribution is 0.301. The number of anilines is 1. The van der Waals surface area contributed by atoms with Crippen molar-refractivity contribution in [2.45, 2.75) is 13.5 Å². The Morgan fingerprint density at radius 1 is 1.22 bits per heavy atom. The molecule has 0 unspecified atom stereocenters. The van der Waals surface area contributed by atoms with Gasteiger partial charge in [0.2, 0.25) is 0 Å². The fraction of sp³-hybridized carbons (Fsp3) is 0.143. The van der Waals surface area contributed by atoms with Crippen LogP contribution >= 0.6 is 15.9 Å². The normalized spacial score (nSPS) is 10.4. The van der Waals surface area contributed by atoms with Crippen LogP contribution < -0.4 is 10.5 Å². The summed E-state index contributed by atoms with van der Waals surface area (Å²) in [4.78, 5) is 0. The number of hydrogen-bond acceptors (Lipinski definition) is 2. The van der Waals surface area contributed by atoms with Gasteiger partial charge in [0.15, 0.2) is 0 Å². The zero-order valence-electron chi connectivity index (χ0n) is 9.91. The molecular formula is C14H13BrFNO. The second-order valence-electron chi connectivity index (χ2n) is 4.07. The van der Waals surface area contributed by atoms with Gasteiger partial charge in [-0.15, -0.1) is 0 Å². The Morgan fingerprint density at radius 2 is 2.00 bits per heavy atom. The molecule has 0 aliphatic rings. The first-order valence-electron chi connectivity index (χ1n) is 5.49.